The Hall–Kier alpha value is -1.81. The Morgan fingerprint density at radius 2 is 2.25 bits per heavy atom. The van der Waals surface area contributed by atoms with Crippen molar-refractivity contribution in [2.45, 2.75) is 6.92 Å². The van der Waals surface area contributed by atoms with Gasteiger partial charge in [0.05, 0.1) is 22.5 Å². The largest absolute Gasteiger partial charge is 0.384 e. The molecule has 0 spiro atoms. The Morgan fingerprint density at radius 1 is 1.50 bits per heavy atom. The van der Waals surface area contributed by atoms with Crippen LogP contribution in [-0.4, -0.2) is 15.6 Å². The van der Waals surface area contributed by atoms with Crippen molar-refractivity contribution in [2.24, 2.45) is 5.73 Å². The van der Waals surface area contributed by atoms with Crippen LogP contribution in [0.25, 0.3) is 5.69 Å². The van der Waals surface area contributed by atoms with E-state index in [1.165, 1.54) is 0 Å². The number of rotatable bonds is 2. The number of aromatic nitrogens is 2. The van der Waals surface area contributed by atoms with E-state index in [1.54, 1.807) is 23.0 Å². The van der Waals surface area contributed by atoms with Gasteiger partial charge in [0.1, 0.15) is 5.84 Å². The highest BCUT2D eigenvalue weighted by Crippen LogP contribution is 2.22. The van der Waals surface area contributed by atoms with Crippen LogP contribution in [0.5, 0.6) is 0 Å². The van der Waals surface area contributed by atoms with Gasteiger partial charge in [0.15, 0.2) is 0 Å². The lowest BCUT2D eigenvalue weighted by molar-refractivity contribution is 0.877. The molecule has 82 valence electrons. The van der Waals surface area contributed by atoms with E-state index >= 15 is 0 Å². The van der Waals surface area contributed by atoms with Crippen molar-refractivity contribution in [1.29, 1.82) is 5.41 Å². The van der Waals surface area contributed by atoms with E-state index in [4.69, 9.17) is 22.7 Å². The fraction of sp³-hybridized carbons (Fsp3) is 0.0909. The number of nitrogens with zero attached hydrogens (tertiary/aromatic N) is 2. The van der Waals surface area contributed by atoms with Crippen molar-refractivity contribution >= 4 is 17.4 Å². The van der Waals surface area contributed by atoms with Crippen LogP contribution in [-0.2, 0) is 0 Å². The SMILES string of the molecule is Cc1cnn(-c2cccc(Cl)c2C(=N)N)c1. The molecule has 0 atom stereocenters. The highest BCUT2D eigenvalue weighted by molar-refractivity contribution is 6.34. The van der Waals surface area contributed by atoms with Crippen LogP contribution in [0.3, 0.4) is 0 Å². The molecule has 0 radical (unpaired) electrons. The molecule has 2 aromatic rings. The van der Waals surface area contributed by atoms with Gasteiger partial charge in [-0.2, -0.15) is 5.10 Å². The van der Waals surface area contributed by atoms with Crippen molar-refractivity contribution < 1.29 is 0 Å². The number of hydrogen-bond acceptors (Lipinski definition) is 2. The summed E-state index contributed by atoms with van der Waals surface area (Å²) in [6.45, 7) is 1.95. The fourth-order valence-electron chi connectivity index (χ4n) is 1.51. The van der Waals surface area contributed by atoms with Crippen LogP contribution in [0.4, 0.5) is 0 Å². The lowest BCUT2D eigenvalue weighted by Gasteiger charge is -2.09. The summed E-state index contributed by atoms with van der Waals surface area (Å²) in [6.07, 6.45) is 3.60. The number of nitrogen functional groups attached to an aromatic ring is 1. The second-order valence-corrected chi connectivity index (χ2v) is 3.92. The highest BCUT2D eigenvalue weighted by Gasteiger charge is 2.11. The minimum absolute atomic E-state index is 0.0613. The number of benzene rings is 1. The van der Waals surface area contributed by atoms with Crippen molar-refractivity contribution in [2.75, 3.05) is 0 Å². The van der Waals surface area contributed by atoms with Gasteiger partial charge in [0, 0.05) is 6.20 Å². The molecule has 3 N–H and O–H groups in total. The van der Waals surface area contributed by atoms with E-state index < -0.39 is 0 Å². The maximum atomic E-state index is 7.53. The lowest BCUT2D eigenvalue weighted by atomic mass is 10.1. The minimum atomic E-state index is -0.0613. The second kappa shape index (κ2) is 3.98. The van der Waals surface area contributed by atoms with Crippen LogP contribution >= 0.6 is 11.6 Å². The Morgan fingerprint density at radius 3 is 2.81 bits per heavy atom. The topological polar surface area (TPSA) is 67.7 Å². The third kappa shape index (κ3) is 1.79. The number of amidine groups is 1. The molecule has 0 aliphatic rings. The zero-order valence-corrected chi connectivity index (χ0v) is 9.49. The second-order valence-electron chi connectivity index (χ2n) is 3.51. The Kier molecular flexibility index (Phi) is 2.66. The van der Waals surface area contributed by atoms with Crippen LogP contribution in [0.15, 0.2) is 30.6 Å². The summed E-state index contributed by atoms with van der Waals surface area (Å²) in [4.78, 5) is 0. The molecule has 0 fully saturated rings. The third-order valence-electron chi connectivity index (χ3n) is 2.22. The molecule has 0 aliphatic heterocycles. The average molecular weight is 235 g/mol. The van der Waals surface area contributed by atoms with Crippen molar-refractivity contribution in [1.82, 2.24) is 9.78 Å². The van der Waals surface area contributed by atoms with Gasteiger partial charge in [0.25, 0.3) is 0 Å². The lowest BCUT2D eigenvalue weighted by Crippen LogP contribution is -2.15. The van der Waals surface area contributed by atoms with Gasteiger partial charge >= 0.3 is 0 Å². The van der Waals surface area contributed by atoms with Crippen molar-refractivity contribution in [3.05, 3.63) is 46.7 Å². The first-order chi connectivity index (χ1) is 7.59. The van der Waals surface area contributed by atoms with Gasteiger partial charge < -0.3 is 5.73 Å². The molecular weight excluding hydrogens is 224 g/mol. The van der Waals surface area contributed by atoms with Gasteiger partial charge in [-0.05, 0) is 24.6 Å². The highest BCUT2D eigenvalue weighted by atomic mass is 35.5. The van der Waals surface area contributed by atoms with E-state index in [2.05, 4.69) is 5.10 Å². The van der Waals surface area contributed by atoms with Gasteiger partial charge in [0.2, 0.25) is 0 Å². The molecule has 0 unspecified atom stereocenters. The summed E-state index contributed by atoms with van der Waals surface area (Å²) in [6, 6.07) is 5.34. The fourth-order valence-corrected chi connectivity index (χ4v) is 1.79. The normalized spacial score (nSPS) is 10.4. The van der Waals surface area contributed by atoms with Crippen LogP contribution < -0.4 is 5.73 Å². The monoisotopic (exact) mass is 234 g/mol. The maximum absolute atomic E-state index is 7.53. The van der Waals surface area contributed by atoms with E-state index in [-0.39, 0.29) is 5.84 Å². The summed E-state index contributed by atoms with van der Waals surface area (Å²) in [5.41, 5.74) is 7.78. The van der Waals surface area contributed by atoms with Crippen molar-refractivity contribution in [3.63, 3.8) is 0 Å². The smallest absolute Gasteiger partial charge is 0.126 e. The van der Waals surface area contributed by atoms with Crippen LogP contribution in [0.1, 0.15) is 11.1 Å². The maximum Gasteiger partial charge on any atom is 0.126 e. The van der Waals surface area contributed by atoms with Gasteiger partial charge in [-0.25, -0.2) is 4.68 Å². The average Bonchev–Trinajstić information content (AvgIpc) is 2.63. The van der Waals surface area contributed by atoms with Crippen molar-refractivity contribution in [3.8, 4) is 5.69 Å². The molecule has 0 saturated heterocycles. The van der Waals surface area contributed by atoms with Crippen LogP contribution in [0.2, 0.25) is 5.02 Å². The number of hydrogen-bond donors (Lipinski definition) is 2. The van der Waals surface area contributed by atoms with Gasteiger partial charge in [-0.15, -0.1) is 0 Å². The summed E-state index contributed by atoms with van der Waals surface area (Å²) in [5, 5.41) is 12.2. The van der Waals surface area contributed by atoms with Gasteiger partial charge in [-0.3, -0.25) is 5.41 Å². The summed E-state index contributed by atoms with van der Waals surface area (Å²) in [7, 11) is 0. The summed E-state index contributed by atoms with van der Waals surface area (Å²) >= 11 is 6.02. The molecule has 16 heavy (non-hydrogen) atoms. The molecule has 0 aliphatic carbocycles. The molecule has 0 bridgehead atoms. The first-order valence-corrected chi connectivity index (χ1v) is 5.12. The van der Waals surface area contributed by atoms with E-state index in [0.29, 0.717) is 16.3 Å². The Labute approximate surface area is 98.2 Å². The zero-order chi connectivity index (χ0) is 11.7. The molecule has 2 rings (SSSR count). The quantitative estimate of drug-likeness (QED) is 0.617. The molecule has 1 heterocycles. The zero-order valence-electron chi connectivity index (χ0n) is 8.74. The minimum Gasteiger partial charge on any atom is -0.384 e. The predicted octanol–water partition coefficient (Wildman–Crippen LogP) is 2.12. The van der Waals surface area contributed by atoms with E-state index in [1.807, 2.05) is 19.2 Å². The first-order valence-electron chi connectivity index (χ1n) is 4.74. The standard InChI is InChI=1S/C11H11ClN4/c1-7-5-15-16(6-7)9-4-2-3-8(12)10(9)11(13)14/h2-6H,1H3,(H3,13,14). The molecule has 1 aromatic carbocycles. The van der Waals surface area contributed by atoms with Gasteiger partial charge in [-0.1, -0.05) is 17.7 Å². The molecule has 0 amide bonds. The summed E-state index contributed by atoms with van der Waals surface area (Å²) in [5.74, 6) is -0.0613. The molecule has 1 aromatic heterocycles. The van der Waals surface area contributed by atoms with Crippen LogP contribution in [0, 0.1) is 12.3 Å². The summed E-state index contributed by atoms with van der Waals surface area (Å²) < 4.78 is 1.66. The Bertz CT molecular complexity index is 545. The number of nitrogens with one attached hydrogen (secondary N) is 1. The number of halogens is 1. The molecular formula is C11H11ClN4. The van der Waals surface area contributed by atoms with E-state index in [0.717, 1.165) is 5.56 Å². The van der Waals surface area contributed by atoms with E-state index in [9.17, 15) is 0 Å². The molecule has 5 heteroatoms. The molecule has 4 nitrogen and oxygen atoms in total. The third-order valence-corrected chi connectivity index (χ3v) is 2.53. The number of aryl methyl sites for hydroxylation is 1. The molecule has 0 saturated carbocycles. The predicted molar refractivity (Wildman–Crippen MR) is 64.3 cm³/mol. The Balaban J connectivity index is 2.65. The number of nitrogens with two attached hydrogens (primary N) is 1. The first kappa shape index (κ1) is 10.7.